The van der Waals surface area contributed by atoms with Crippen LogP contribution in [0.1, 0.15) is 21.5 Å². The molecule has 148 valence electrons. The fourth-order valence-corrected chi connectivity index (χ4v) is 2.97. The van der Waals surface area contributed by atoms with Gasteiger partial charge < -0.3 is 9.47 Å². The Morgan fingerprint density at radius 3 is 2.55 bits per heavy atom. The lowest BCUT2D eigenvalue weighted by Gasteiger charge is -2.08. The summed E-state index contributed by atoms with van der Waals surface area (Å²) in [5.41, 5.74) is 4.56. The highest BCUT2D eigenvalue weighted by Gasteiger charge is 2.10. The molecule has 0 aliphatic rings. The minimum atomic E-state index is -0.349. The van der Waals surface area contributed by atoms with Crippen LogP contribution in [0.3, 0.4) is 0 Å². The van der Waals surface area contributed by atoms with Gasteiger partial charge in [0, 0.05) is 15.6 Å². The maximum absolute atomic E-state index is 12.2. The van der Waals surface area contributed by atoms with E-state index in [1.807, 2.05) is 30.3 Å². The van der Waals surface area contributed by atoms with Gasteiger partial charge in [-0.3, -0.25) is 4.79 Å². The van der Waals surface area contributed by atoms with Crippen LogP contribution < -0.4 is 14.9 Å². The number of ether oxygens (including phenoxy) is 2. The van der Waals surface area contributed by atoms with Gasteiger partial charge in [-0.15, -0.1) is 0 Å². The van der Waals surface area contributed by atoms with Gasteiger partial charge in [-0.05, 0) is 54.1 Å². The summed E-state index contributed by atoms with van der Waals surface area (Å²) < 4.78 is 10.9. The largest absolute Gasteiger partial charge is 0.496 e. The highest BCUT2D eigenvalue weighted by molar-refractivity contribution is 6.35. The van der Waals surface area contributed by atoms with E-state index in [1.165, 1.54) is 7.11 Å². The number of halogens is 2. The Hall–Kier alpha value is -3.02. The molecule has 29 heavy (non-hydrogen) atoms. The quantitative estimate of drug-likeness (QED) is 0.407. The number of carbonyl (C=O) groups excluding carboxylic acids is 1. The van der Waals surface area contributed by atoms with Crippen molar-refractivity contribution in [2.24, 2.45) is 5.10 Å². The molecule has 0 heterocycles. The molecule has 0 atom stereocenters. The van der Waals surface area contributed by atoms with Gasteiger partial charge >= 0.3 is 0 Å². The Labute approximate surface area is 178 Å². The highest BCUT2D eigenvalue weighted by Crippen LogP contribution is 2.23. The first-order chi connectivity index (χ1) is 14.1. The number of nitrogens with zero attached hydrogens (tertiary/aromatic N) is 1. The van der Waals surface area contributed by atoms with E-state index in [0.717, 1.165) is 11.1 Å². The number of benzene rings is 3. The first kappa shape index (κ1) is 20.7. The van der Waals surface area contributed by atoms with E-state index in [-0.39, 0.29) is 5.91 Å². The van der Waals surface area contributed by atoms with Crippen LogP contribution >= 0.6 is 23.2 Å². The predicted octanol–water partition coefficient (Wildman–Crippen LogP) is 5.34. The Kier molecular flexibility index (Phi) is 7.11. The average Bonchev–Trinajstić information content (AvgIpc) is 2.74. The van der Waals surface area contributed by atoms with Crippen molar-refractivity contribution >= 4 is 35.3 Å². The first-order valence-corrected chi connectivity index (χ1v) is 9.45. The Balaban J connectivity index is 1.55. The minimum absolute atomic E-state index is 0.332. The summed E-state index contributed by atoms with van der Waals surface area (Å²) in [6.45, 7) is 0.332. The molecule has 0 aliphatic heterocycles. The predicted molar refractivity (Wildman–Crippen MR) is 115 cm³/mol. The standard InChI is InChI=1S/C22H18Cl2N2O3/c1-28-21-5-3-2-4-19(21)22(27)26-25-13-15-6-10-18(11-7-15)29-14-16-8-9-17(23)12-20(16)24/h2-13H,14H2,1H3,(H,26,27)/b25-13+. The van der Waals surface area contributed by atoms with Crippen molar-refractivity contribution in [1.29, 1.82) is 0 Å². The molecule has 3 aromatic carbocycles. The highest BCUT2D eigenvalue weighted by atomic mass is 35.5. The van der Waals surface area contributed by atoms with Crippen LogP contribution in [-0.2, 0) is 6.61 Å². The van der Waals surface area contributed by atoms with Crippen molar-refractivity contribution in [3.05, 3.63) is 93.5 Å². The van der Waals surface area contributed by atoms with Gasteiger partial charge in [-0.2, -0.15) is 5.10 Å². The number of hydrogen-bond donors (Lipinski definition) is 1. The third-order valence-corrected chi connectivity index (χ3v) is 4.61. The monoisotopic (exact) mass is 428 g/mol. The van der Waals surface area contributed by atoms with Crippen LogP contribution in [-0.4, -0.2) is 19.2 Å². The fraction of sp³-hybridized carbons (Fsp3) is 0.0909. The van der Waals surface area contributed by atoms with Crippen LogP contribution in [0.4, 0.5) is 0 Å². The van der Waals surface area contributed by atoms with Crippen molar-refractivity contribution in [3.8, 4) is 11.5 Å². The summed E-state index contributed by atoms with van der Waals surface area (Å²) >= 11 is 12.0. The molecule has 1 N–H and O–H groups in total. The van der Waals surface area contributed by atoms with E-state index in [4.69, 9.17) is 32.7 Å². The molecule has 7 heteroatoms. The number of rotatable bonds is 7. The van der Waals surface area contributed by atoms with Crippen molar-refractivity contribution in [3.63, 3.8) is 0 Å². The maximum Gasteiger partial charge on any atom is 0.275 e. The van der Waals surface area contributed by atoms with Gasteiger partial charge in [0.05, 0.1) is 18.9 Å². The van der Waals surface area contributed by atoms with Crippen LogP contribution in [0.25, 0.3) is 0 Å². The van der Waals surface area contributed by atoms with Gasteiger partial charge in [-0.1, -0.05) is 41.4 Å². The normalized spacial score (nSPS) is 10.7. The van der Waals surface area contributed by atoms with Crippen molar-refractivity contribution in [2.45, 2.75) is 6.61 Å². The summed E-state index contributed by atoms with van der Waals surface area (Å²) in [5, 5.41) is 5.13. The van der Waals surface area contributed by atoms with Gasteiger partial charge in [0.2, 0.25) is 0 Å². The summed E-state index contributed by atoms with van der Waals surface area (Å²) in [6, 6.07) is 19.5. The van der Waals surface area contributed by atoms with Crippen LogP contribution in [0.5, 0.6) is 11.5 Å². The van der Waals surface area contributed by atoms with E-state index >= 15 is 0 Å². The molecule has 0 aromatic heterocycles. The van der Waals surface area contributed by atoms with Crippen LogP contribution in [0.15, 0.2) is 71.8 Å². The molecule has 1 amide bonds. The molecule has 3 rings (SSSR count). The summed E-state index contributed by atoms with van der Waals surface area (Å²) in [5.74, 6) is 0.826. The second kappa shape index (κ2) is 9.96. The molecule has 0 fully saturated rings. The third kappa shape index (κ3) is 5.73. The summed E-state index contributed by atoms with van der Waals surface area (Å²) in [4.78, 5) is 12.2. The second-order valence-electron chi connectivity index (χ2n) is 5.99. The number of hydrogen-bond acceptors (Lipinski definition) is 4. The van der Waals surface area contributed by atoms with E-state index in [9.17, 15) is 4.79 Å². The number of amides is 1. The number of carbonyl (C=O) groups is 1. The van der Waals surface area contributed by atoms with Gasteiger partial charge in [0.1, 0.15) is 18.1 Å². The first-order valence-electron chi connectivity index (χ1n) is 8.70. The van der Waals surface area contributed by atoms with E-state index in [2.05, 4.69) is 10.5 Å². The van der Waals surface area contributed by atoms with E-state index in [1.54, 1.807) is 42.6 Å². The number of methoxy groups -OCH3 is 1. The molecule has 5 nitrogen and oxygen atoms in total. The van der Waals surface area contributed by atoms with Crippen molar-refractivity contribution in [2.75, 3.05) is 7.11 Å². The molecule has 0 saturated heterocycles. The SMILES string of the molecule is COc1ccccc1C(=O)N/N=C/c1ccc(OCc2ccc(Cl)cc2Cl)cc1. The summed E-state index contributed by atoms with van der Waals surface area (Å²) in [6.07, 6.45) is 1.55. The molecule has 0 aliphatic carbocycles. The van der Waals surface area contributed by atoms with Gasteiger partial charge in [-0.25, -0.2) is 5.43 Å². The smallest absolute Gasteiger partial charge is 0.275 e. The minimum Gasteiger partial charge on any atom is -0.496 e. The van der Waals surface area contributed by atoms with Gasteiger partial charge in [0.15, 0.2) is 0 Å². The average molecular weight is 429 g/mol. The number of para-hydroxylation sites is 1. The molecular formula is C22H18Cl2N2O3. The molecule has 0 saturated carbocycles. The molecule has 0 radical (unpaired) electrons. The lowest BCUT2D eigenvalue weighted by atomic mass is 10.2. The maximum atomic E-state index is 12.2. The Morgan fingerprint density at radius 2 is 1.83 bits per heavy atom. The van der Waals surface area contributed by atoms with Crippen molar-refractivity contribution in [1.82, 2.24) is 5.43 Å². The second-order valence-corrected chi connectivity index (χ2v) is 6.84. The Bertz CT molecular complexity index is 1020. The zero-order valence-electron chi connectivity index (χ0n) is 15.6. The molecule has 3 aromatic rings. The fourth-order valence-electron chi connectivity index (χ4n) is 2.51. The van der Waals surface area contributed by atoms with E-state index < -0.39 is 0 Å². The zero-order valence-corrected chi connectivity index (χ0v) is 17.1. The van der Waals surface area contributed by atoms with Gasteiger partial charge in [0.25, 0.3) is 5.91 Å². The molecule has 0 bridgehead atoms. The van der Waals surface area contributed by atoms with Crippen molar-refractivity contribution < 1.29 is 14.3 Å². The molecular weight excluding hydrogens is 411 g/mol. The van der Waals surface area contributed by atoms with Crippen LogP contribution in [0, 0.1) is 0 Å². The molecule has 0 spiro atoms. The number of hydrazone groups is 1. The number of nitrogens with one attached hydrogen (secondary N) is 1. The molecule has 0 unspecified atom stereocenters. The lowest BCUT2D eigenvalue weighted by molar-refractivity contribution is 0.0952. The van der Waals surface area contributed by atoms with Crippen LogP contribution in [0.2, 0.25) is 10.0 Å². The topological polar surface area (TPSA) is 59.9 Å². The summed E-state index contributed by atoms with van der Waals surface area (Å²) in [7, 11) is 1.51. The Morgan fingerprint density at radius 1 is 1.07 bits per heavy atom. The third-order valence-electron chi connectivity index (χ3n) is 4.02. The zero-order chi connectivity index (χ0) is 20.6. The lowest BCUT2D eigenvalue weighted by Crippen LogP contribution is -2.18. The van der Waals surface area contributed by atoms with E-state index in [0.29, 0.717) is 33.7 Å².